The molecule has 0 fully saturated rings. The van der Waals surface area contributed by atoms with Crippen molar-refractivity contribution in [2.45, 2.75) is 19.4 Å². The van der Waals surface area contributed by atoms with Crippen molar-refractivity contribution in [1.82, 2.24) is 19.8 Å². The fraction of sp³-hybridized carbons (Fsp3) is 0.286. The molecule has 1 N–H and O–H groups in total. The lowest BCUT2D eigenvalue weighted by Crippen LogP contribution is -2.39. The topological polar surface area (TPSA) is 76.2 Å². The third kappa shape index (κ3) is 3.75. The van der Waals surface area contributed by atoms with Crippen molar-refractivity contribution in [2.75, 3.05) is 18.4 Å². The number of benzene rings is 1. The number of aryl methyl sites for hydroxylation is 2. The molecule has 3 aromatic rings. The van der Waals surface area contributed by atoms with Crippen LogP contribution in [0.4, 0.5) is 5.82 Å². The maximum Gasteiger partial charge on any atom is 0.247 e. The quantitative estimate of drug-likeness (QED) is 0.739. The Hall–Kier alpha value is -3.19. The molecule has 3 heterocycles. The Bertz CT molecular complexity index is 989. The molecule has 28 heavy (non-hydrogen) atoms. The zero-order valence-electron chi connectivity index (χ0n) is 16.0. The van der Waals surface area contributed by atoms with Gasteiger partial charge in [-0.15, -0.1) is 0 Å². The van der Waals surface area contributed by atoms with Gasteiger partial charge in [-0.1, -0.05) is 41.6 Å². The summed E-state index contributed by atoms with van der Waals surface area (Å²) in [5.41, 5.74) is 3.34. The minimum atomic E-state index is -0.400. The number of carbonyl (C=O) groups is 1. The van der Waals surface area contributed by atoms with Gasteiger partial charge in [-0.05, 0) is 30.5 Å². The predicted octanol–water partition coefficient (Wildman–Crippen LogP) is 3.19. The van der Waals surface area contributed by atoms with Gasteiger partial charge in [0.15, 0.2) is 5.82 Å². The highest BCUT2D eigenvalue weighted by molar-refractivity contribution is 5.94. The van der Waals surface area contributed by atoms with Gasteiger partial charge < -0.3 is 9.84 Å². The molecule has 7 heteroatoms. The number of aromatic nitrogens is 3. The van der Waals surface area contributed by atoms with Crippen molar-refractivity contribution in [3.63, 3.8) is 0 Å². The Labute approximate surface area is 163 Å². The van der Waals surface area contributed by atoms with Gasteiger partial charge in [-0.25, -0.2) is 0 Å². The third-order valence-electron chi connectivity index (χ3n) is 5.00. The summed E-state index contributed by atoms with van der Waals surface area (Å²) in [4.78, 5) is 15.3. The number of nitrogens with zero attached hydrogens (tertiary/aromatic N) is 4. The van der Waals surface area contributed by atoms with Crippen LogP contribution < -0.4 is 5.32 Å². The molecule has 4 rings (SSSR count). The summed E-state index contributed by atoms with van der Waals surface area (Å²) in [6, 6.07) is 13.2. The zero-order chi connectivity index (χ0) is 19.5. The van der Waals surface area contributed by atoms with Crippen LogP contribution in [0.1, 0.15) is 29.5 Å². The first-order valence-electron chi connectivity index (χ1n) is 9.32. The molecule has 0 saturated heterocycles. The second-order valence-electron chi connectivity index (χ2n) is 6.94. The normalized spacial score (nSPS) is 15.9. The fourth-order valence-electron chi connectivity index (χ4n) is 3.62. The van der Waals surface area contributed by atoms with Crippen LogP contribution in [0.25, 0.3) is 5.57 Å². The van der Waals surface area contributed by atoms with E-state index in [9.17, 15) is 4.79 Å². The Balaban J connectivity index is 1.57. The van der Waals surface area contributed by atoms with Crippen molar-refractivity contribution in [3.8, 4) is 0 Å². The summed E-state index contributed by atoms with van der Waals surface area (Å²) in [5.74, 6) is 0.983. The standard InChI is InChI=1S/C21H23N5O2/c1-15-14-19(24-28-15)23-21(27)20(17-6-4-3-5-7-17)26-12-9-16(10-13-26)18-8-11-22-25(18)2/h3-9,11,14,20H,10,12-13H2,1-2H3,(H,23,24,27). The van der Waals surface area contributed by atoms with E-state index < -0.39 is 6.04 Å². The second kappa shape index (κ2) is 7.82. The molecule has 0 radical (unpaired) electrons. The molecule has 0 spiro atoms. The van der Waals surface area contributed by atoms with Crippen LogP contribution in [-0.4, -0.2) is 38.8 Å². The number of amides is 1. The average Bonchev–Trinajstić information content (AvgIpc) is 3.31. The molecular formula is C21H23N5O2. The van der Waals surface area contributed by atoms with Crippen LogP contribution in [0.2, 0.25) is 0 Å². The lowest BCUT2D eigenvalue weighted by molar-refractivity contribution is -0.121. The van der Waals surface area contributed by atoms with Gasteiger partial charge in [0.2, 0.25) is 5.91 Å². The van der Waals surface area contributed by atoms with Gasteiger partial charge >= 0.3 is 0 Å². The highest BCUT2D eigenvalue weighted by Gasteiger charge is 2.29. The Morgan fingerprint density at radius 3 is 2.68 bits per heavy atom. The van der Waals surface area contributed by atoms with E-state index in [0.29, 0.717) is 18.1 Å². The van der Waals surface area contributed by atoms with Crippen LogP contribution >= 0.6 is 0 Å². The number of anilines is 1. The van der Waals surface area contributed by atoms with Crippen molar-refractivity contribution in [3.05, 3.63) is 71.8 Å². The molecule has 1 aliphatic rings. The van der Waals surface area contributed by atoms with Crippen molar-refractivity contribution in [1.29, 1.82) is 0 Å². The van der Waals surface area contributed by atoms with Gasteiger partial charge in [0.1, 0.15) is 11.8 Å². The highest BCUT2D eigenvalue weighted by Crippen LogP contribution is 2.29. The van der Waals surface area contributed by atoms with Gasteiger partial charge in [0.05, 0.1) is 5.69 Å². The van der Waals surface area contributed by atoms with Crippen LogP contribution in [-0.2, 0) is 11.8 Å². The molecule has 1 amide bonds. The van der Waals surface area contributed by atoms with Crippen molar-refractivity contribution >= 4 is 17.3 Å². The first-order valence-corrected chi connectivity index (χ1v) is 9.32. The number of hydrogen-bond donors (Lipinski definition) is 1. The number of rotatable bonds is 5. The number of nitrogens with one attached hydrogen (secondary N) is 1. The lowest BCUT2D eigenvalue weighted by Gasteiger charge is -2.33. The smallest absolute Gasteiger partial charge is 0.247 e. The zero-order valence-corrected chi connectivity index (χ0v) is 16.0. The fourth-order valence-corrected chi connectivity index (χ4v) is 3.62. The molecule has 2 aromatic heterocycles. The van der Waals surface area contributed by atoms with E-state index >= 15 is 0 Å². The summed E-state index contributed by atoms with van der Waals surface area (Å²) in [6.07, 6.45) is 4.85. The van der Waals surface area contributed by atoms with Crippen molar-refractivity contribution < 1.29 is 9.32 Å². The Morgan fingerprint density at radius 2 is 2.07 bits per heavy atom. The first-order chi connectivity index (χ1) is 13.6. The maximum absolute atomic E-state index is 13.1. The van der Waals surface area contributed by atoms with E-state index in [1.165, 1.54) is 5.57 Å². The van der Waals surface area contributed by atoms with E-state index in [1.54, 1.807) is 13.0 Å². The molecule has 1 atom stereocenters. The molecule has 1 unspecified atom stereocenters. The number of hydrogen-bond acceptors (Lipinski definition) is 5. The van der Waals surface area contributed by atoms with Crippen LogP contribution in [0.5, 0.6) is 0 Å². The van der Waals surface area contributed by atoms with E-state index in [-0.39, 0.29) is 5.91 Å². The van der Waals surface area contributed by atoms with Crippen molar-refractivity contribution in [2.24, 2.45) is 7.05 Å². The molecule has 0 aliphatic carbocycles. The average molecular weight is 377 g/mol. The minimum Gasteiger partial charge on any atom is -0.360 e. The second-order valence-corrected chi connectivity index (χ2v) is 6.94. The summed E-state index contributed by atoms with van der Waals surface area (Å²) in [5, 5.41) is 11.0. The largest absolute Gasteiger partial charge is 0.360 e. The van der Waals surface area contributed by atoms with Gasteiger partial charge in [0, 0.05) is 32.4 Å². The molecule has 1 aromatic carbocycles. The van der Waals surface area contributed by atoms with Crippen LogP contribution in [0.3, 0.4) is 0 Å². The predicted molar refractivity (Wildman–Crippen MR) is 106 cm³/mol. The number of carbonyl (C=O) groups excluding carboxylic acids is 1. The summed E-state index contributed by atoms with van der Waals surface area (Å²) in [7, 11) is 1.95. The summed E-state index contributed by atoms with van der Waals surface area (Å²) >= 11 is 0. The third-order valence-corrected chi connectivity index (χ3v) is 5.00. The van der Waals surface area contributed by atoms with Crippen LogP contribution in [0.15, 0.2) is 59.3 Å². The molecular weight excluding hydrogens is 354 g/mol. The SMILES string of the molecule is Cc1cc(NC(=O)C(c2ccccc2)N2CC=C(c3ccnn3C)CC2)no1. The van der Waals surface area contributed by atoms with Gasteiger partial charge in [-0.2, -0.15) is 5.10 Å². The molecule has 144 valence electrons. The minimum absolute atomic E-state index is 0.114. The van der Waals surface area contributed by atoms with Crippen LogP contribution in [0, 0.1) is 6.92 Å². The Morgan fingerprint density at radius 1 is 1.25 bits per heavy atom. The monoisotopic (exact) mass is 377 g/mol. The molecule has 0 saturated carbocycles. The van der Waals surface area contributed by atoms with E-state index in [1.807, 2.05) is 54.3 Å². The molecule has 0 bridgehead atoms. The maximum atomic E-state index is 13.1. The lowest BCUT2D eigenvalue weighted by atomic mass is 9.99. The van der Waals surface area contributed by atoms with E-state index in [0.717, 1.165) is 24.2 Å². The van der Waals surface area contributed by atoms with Gasteiger partial charge in [0.25, 0.3) is 0 Å². The molecule has 1 aliphatic heterocycles. The Kier molecular flexibility index (Phi) is 5.08. The van der Waals surface area contributed by atoms with E-state index in [2.05, 4.69) is 26.5 Å². The first kappa shape index (κ1) is 18.2. The van der Waals surface area contributed by atoms with Gasteiger partial charge in [-0.3, -0.25) is 14.4 Å². The highest BCUT2D eigenvalue weighted by atomic mass is 16.5. The van der Waals surface area contributed by atoms with E-state index in [4.69, 9.17) is 4.52 Å². The summed E-state index contributed by atoms with van der Waals surface area (Å²) in [6.45, 7) is 3.26. The summed E-state index contributed by atoms with van der Waals surface area (Å²) < 4.78 is 6.95. The molecule has 7 nitrogen and oxygen atoms in total.